The summed E-state index contributed by atoms with van der Waals surface area (Å²) in [5.41, 5.74) is 8.62. The van der Waals surface area contributed by atoms with E-state index in [0.717, 1.165) is 6.54 Å². The molecule has 1 heterocycles. The molecule has 5 rings (SSSR count). The van der Waals surface area contributed by atoms with E-state index in [2.05, 4.69) is 121 Å². The van der Waals surface area contributed by atoms with E-state index in [9.17, 15) is 0 Å². The second-order valence-electron chi connectivity index (χ2n) is 7.97. The molecule has 0 saturated heterocycles. The molecule has 30 heavy (non-hydrogen) atoms. The number of anilines is 3. The van der Waals surface area contributed by atoms with Crippen LogP contribution in [0.4, 0.5) is 17.1 Å². The van der Waals surface area contributed by atoms with Crippen molar-refractivity contribution < 1.29 is 0 Å². The average molecular weight is 391 g/mol. The number of aromatic nitrogens is 1. The molecule has 1 aromatic heterocycles. The number of rotatable bonds is 4. The third kappa shape index (κ3) is 3.05. The Labute approximate surface area is 178 Å². The fourth-order valence-electron chi connectivity index (χ4n) is 4.43. The number of nitrogens with zero attached hydrogens (tertiary/aromatic N) is 2. The van der Waals surface area contributed by atoms with Crippen LogP contribution in [0.15, 0.2) is 91.0 Å². The van der Waals surface area contributed by atoms with Crippen LogP contribution < -0.4 is 4.90 Å². The van der Waals surface area contributed by atoms with Crippen LogP contribution >= 0.6 is 0 Å². The molecule has 0 aliphatic carbocycles. The number of aryl methyl sites for hydroxylation is 3. The lowest BCUT2D eigenvalue weighted by Gasteiger charge is -2.26. The summed E-state index contributed by atoms with van der Waals surface area (Å²) < 4.78 is 2.41. The zero-order valence-electron chi connectivity index (χ0n) is 17.8. The van der Waals surface area contributed by atoms with Crippen molar-refractivity contribution in [3.8, 4) is 0 Å². The van der Waals surface area contributed by atoms with Gasteiger partial charge in [0.25, 0.3) is 0 Å². The fraction of sp³-hybridized carbons (Fsp3) is 0.143. The van der Waals surface area contributed by atoms with Gasteiger partial charge >= 0.3 is 0 Å². The summed E-state index contributed by atoms with van der Waals surface area (Å²) >= 11 is 0. The Kier molecular flexibility index (Phi) is 4.55. The zero-order chi connectivity index (χ0) is 20.7. The molecule has 0 aliphatic heterocycles. The standard InChI is InChI=1S/C28H26N2/c1-4-29-27-11-6-5-10-25(27)26-17-16-24(19-28(26)29)30(22-14-12-20(2)13-15-22)23-9-7-8-21(3)18-23/h5-19H,4H2,1-3H3. The molecule has 0 aliphatic rings. The second-order valence-corrected chi connectivity index (χ2v) is 7.97. The van der Waals surface area contributed by atoms with E-state index in [4.69, 9.17) is 0 Å². The highest BCUT2D eigenvalue weighted by Crippen LogP contribution is 2.38. The topological polar surface area (TPSA) is 8.17 Å². The molecule has 4 aromatic carbocycles. The van der Waals surface area contributed by atoms with Gasteiger partial charge in [0.1, 0.15) is 0 Å². The summed E-state index contributed by atoms with van der Waals surface area (Å²) in [5.74, 6) is 0. The predicted molar refractivity (Wildman–Crippen MR) is 129 cm³/mol. The fourth-order valence-corrected chi connectivity index (χ4v) is 4.43. The highest BCUT2D eigenvalue weighted by Gasteiger charge is 2.16. The monoisotopic (exact) mass is 390 g/mol. The van der Waals surface area contributed by atoms with Crippen molar-refractivity contribution in [1.82, 2.24) is 4.57 Å². The summed E-state index contributed by atoms with van der Waals surface area (Å²) in [6.07, 6.45) is 0. The molecule has 0 fully saturated rings. The number of benzene rings is 4. The molecule has 0 unspecified atom stereocenters. The van der Waals surface area contributed by atoms with Crippen molar-refractivity contribution in [2.75, 3.05) is 4.90 Å². The van der Waals surface area contributed by atoms with Crippen molar-refractivity contribution in [3.63, 3.8) is 0 Å². The van der Waals surface area contributed by atoms with Crippen molar-refractivity contribution in [1.29, 1.82) is 0 Å². The lowest BCUT2D eigenvalue weighted by Crippen LogP contribution is -2.10. The SMILES string of the molecule is CCn1c2ccccc2c2ccc(N(c3ccc(C)cc3)c3cccc(C)c3)cc21. The first kappa shape index (κ1) is 18.5. The Bertz CT molecular complexity index is 1340. The van der Waals surface area contributed by atoms with Gasteiger partial charge in [0, 0.05) is 39.9 Å². The average Bonchev–Trinajstić information content (AvgIpc) is 3.08. The highest BCUT2D eigenvalue weighted by molar-refractivity contribution is 6.09. The first-order valence-electron chi connectivity index (χ1n) is 10.6. The smallest absolute Gasteiger partial charge is 0.0512 e. The lowest BCUT2D eigenvalue weighted by atomic mass is 10.1. The van der Waals surface area contributed by atoms with Crippen LogP contribution in [0.3, 0.4) is 0 Å². The minimum Gasteiger partial charge on any atom is -0.341 e. The molecular formula is C28H26N2. The molecule has 0 N–H and O–H groups in total. The van der Waals surface area contributed by atoms with Crippen LogP contribution in [0.2, 0.25) is 0 Å². The maximum absolute atomic E-state index is 2.41. The van der Waals surface area contributed by atoms with Crippen molar-refractivity contribution in [2.24, 2.45) is 0 Å². The molecule has 0 saturated carbocycles. The summed E-state index contributed by atoms with van der Waals surface area (Å²) in [6, 6.07) is 33.0. The number of para-hydroxylation sites is 1. The van der Waals surface area contributed by atoms with Gasteiger partial charge in [-0.15, -0.1) is 0 Å². The van der Waals surface area contributed by atoms with Gasteiger partial charge in [-0.1, -0.05) is 54.1 Å². The van der Waals surface area contributed by atoms with E-state index < -0.39 is 0 Å². The van der Waals surface area contributed by atoms with Crippen molar-refractivity contribution >= 4 is 38.9 Å². The maximum atomic E-state index is 2.41. The Balaban J connectivity index is 1.76. The molecule has 0 atom stereocenters. The molecule has 0 bridgehead atoms. The van der Waals surface area contributed by atoms with E-state index in [1.54, 1.807) is 0 Å². The highest BCUT2D eigenvalue weighted by atomic mass is 15.1. The molecule has 0 spiro atoms. The van der Waals surface area contributed by atoms with Gasteiger partial charge in [-0.05, 0) is 68.8 Å². The van der Waals surface area contributed by atoms with Gasteiger partial charge in [0.05, 0.1) is 5.52 Å². The molecule has 148 valence electrons. The van der Waals surface area contributed by atoms with E-state index in [1.807, 2.05) is 0 Å². The lowest BCUT2D eigenvalue weighted by molar-refractivity contribution is 0.827. The van der Waals surface area contributed by atoms with Crippen LogP contribution in [0, 0.1) is 13.8 Å². The van der Waals surface area contributed by atoms with Gasteiger partial charge < -0.3 is 9.47 Å². The number of hydrogen-bond acceptors (Lipinski definition) is 1. The number of hydrogen-bond donors (Lipinski definition) is 0. The summed E-state index contributed by atoms with van der Waals surface area (Å²) in [5, 5.41) is 2.63. The Morgan fingerprint density at radius 1 is 0.600 bits per heavy atom. The van der Waals surface area contributed by atoms with Crippen LogP contribution in [0.25, 0.3) is 21.8 Å². The van der Waals surface area contributed by atoms with Crippen LogP contribution in [0.1, 0.15) is 18.1 Å². The van der Waals surface area contributed by atoms with Gasteiger partial charge in [-0.2, -0.15) is 0 Å². The Hall–Kier alpha value is -3.52. The minimum absolute atomic E-state index is 0.947. The number of fused-ring (bicyclic) bond motifs is 3. The third-order valence-electron chi connectivity index (χ3n) is 5.88. The zero-order valence-corrected chi connectivity index (χ0v) is 17.8. The maximum Gasteiger partial charge on any atom is 0.0512 e. The van der Waals surface area contributed by atoms with Gasteiger partial charge in [0.2, 0.25) is 0 Å². The second kappa shape index (κ2) is 7.38. The first-order valence-corrected chi connectivity index (χ1v) is 10.6. The van der Waals surface area contributed by atoms with Crippen LogP contribution in [-0.2, 0) is 6.54 Å². The quantitative estimate of drug-likeness (QED) is 0.303. The van der Waals surface area contributed by atoms with Gasteiger partial charge in [-0.25, -0.2) is 0 Å². The Morgan fingerprint density at radius 2 is 1.30 bits per heavy atom. The molecule has 2 nitrogen and oxygen atoms in total. The van der Waals surface area contributed by atoms with E-state index in [-0.39, 0.29) is 0 Å². The van der Waals surface area contributed by atoms with E-state index >= 15 is 0 Å². The van der Waals surface area contributed by atoms with Crippen molar-refractivity contribution in [2.45, 2.75) is 27.3 Å². The molecule has 2 heteroatoms. The van der Waals surface area contributed by atoms with Crippen LogP contribution in [0.5, 0.6) is 0 Å². The third-order valence-corrected chi connectivity index (χ3v) is 5.88. The van der Waals surface area contributed by atoms with Crippen LogP contribution in [-0.4, -0.2) is 4.57 Å². The molecular weight excluding hydrogens is 364 g/mol. The van der Waals surface area contributed by atoms with E-state index in [0.29, 0.717) is 0 Å². The summed E-state index contributed by atoms with van der Waals surface area (Å²) in [7, 11) is 0. The minimum atomic E-state index is 0.947. The summed E-state index contributed by atoms with van der Waals surface area (Å²) in [4.78, 5) is 2.35. The predicted octanol–water partition coefficient (Wildman–Crippen LogP) is 7.90. The largest absolute Gasteiger partial charge is 0.341 e. The van der Waals surface area contributed by atoms with Gasteiger partial charge in [-0.3, -0.25) is 0 Å². The molecule has 0 amide bonds. The van der Waals surface area contributed by atoms with Crippen molar-refractivity contribution in [3.05, 3.63) is 102 Å². The first-order chi connectivity index (χ1) is 14.7. The normalized spacial score (nSPS) is 11.3. The summed E-state index contributed by atoms with van der Waals surface area (Å²) in [6.45, 7) is 7.45. The molecule has 5 aromatic rings. The molecule has 0 radical (unpaired) electrons. The van der Waals surface area contributed by atoms with Gasteiger partial charge in [0.15, 0.2) is 0 Å². The van der Waals surface area contributed by atoms with E-state index in [1.165, 1.54) is 50.0 Å². The Morgan fingerprint density at radius 3 is 2.07 bits per heavy atom.